The Morgan fingerprint density at radius 2 is 1.88 bits per heavy atom. The first-order valence-electron chi connectivity index (χ1n) is 5.71. The van der Waals surface area contributed by atoms with Gasteiger partial charge < -0.3 is 5.11 Å². The van der Waals surface area contributed by atoms with Gasteiger partial charge in [-0.2, -0.15) is 0 Å². The largest absolute Gasteiger partial charge is 0.392 e. The van der Waals surface area contributed by atoms with Gasteiger partial charge in [-0.3, -0.25) is 4.21 Å². The minimum atomic E-state index is -1.11. The molecular weight excluding hydrogens is 220 g/mol. The Morgan fingerprint density at radius 3 is 2.31 bits per heavy atom. The number of hydrogen-bond donors (Lipinski definition) is 1. The maximum absolute atomic E-state index is 12.2. The van der Waals surface area contributed by atoms with Gasteiger partial charge in [-0.05, 0) is 32.4 Å². The highest BCUT2D eigenvalue weighted by Crippen LogP contribution is 2.18. The molecule has 0 aliphatic heterocycles. The molecule has 0 bridgehead atoms. The highest BCUT2D eigenvalue weighted by atomic mass is 32.2. The molecule has 1 N–H and O–H groups in total. The van der Waals surface area contributed by atoms with Crippen LogP contribution in [0.1, 0.15) is 32.3 Å². The van der Waals surface area contributed by atoms with Crippen molar-refractivity contribution in [1.82, 2.24) is 0 Å². The summed E-state index contributed by atoms with van der Waals surface area (Å²) < 4.78 is 12.2. The van der Waals surface area contributed by atoms with Crippen molar-refractivity contribution in [3.8, 4) is 0 Å². The molecule has 0 aromatic heterocycles. The zero-order valence-electron chi connectivity index (χ0n) is 10.1. The van der Waals surface area contributed by atoms with Crippen LogP contribution in [0.15, 0.2) is 29.2 Å². The molecule has 3 atom stereocenters. The Kier molecular flexibility index (Phi) is 5.16. The molecule has 0 amide bonds. The topological polar surface area (TPSA) is 37.3 Å². The summed E-state index contributed by atoms with van der Waals surface area (Å²) in [6, 6.07) is 7.68. The lowest BCUT2D eigenvalue weighted by Crippen LogP contribution is -2.27. The van der Waals surface area contributed by atoms with Gasteiger partial charge in [0.15, 0.2) is 0 Å². The molecular formula is C13H20O2S. The van der Waals surface area contributed by atoms with Gasteiger partial charge in [-0.25, -0.2) is 0 Å². The van der Waals surface area contributed by atoms with Crippen molar-refractivity contribution < 1.29 is 9.32 Å². The molecule has 0 heterocycles. The van der Waals surface area contributed by atoms with Gasteiger partial charge in [0.05, 0.1) is 22.2 Å². The number of aliphatic hydroxyl groups is 1. The van der Waals surface area contributed by atoms with Crippen LogP contribution in [0.4, 0.5) is 0 Å². The first-order valence-corrected chi connectivity index (χ1v) is 6.93. The molecule has 0 saturated carbocycles. The van der Waals surface area contributed by atoms with Crippen LogP contribution >= 0.6 is 0 Å². The first kappa shape index (κ1) is 13.4. The third kappa shape index (κ3) is 3.42. The minimum absolute atomic E-state index is 0.160. The van der Waals surface area contributed by atoms with Crippen LogP contribution in [0.25, 0.3) is 0 Å². The van der Waals surface area contributed by atoms with Crippen molar-refractivity contribution in [2.24, 2.45) is 0 Å². The van der Waals surface area contributed by atoms with E-state index in [1.165, 1.54) is 0 Å². The van der Waals surface area contributed by atoms with E-state index in [0.717, 1.165) is 23.3 Å². The average molecular weight is 240 g/mol. The van der Waals surface area contributed by atoms with Crippen molar-refractivity contribution in [1.29, 1.82) is 0 Å². The number of aliphatic hydroxyl groups excluding tert-OH is 1. The van der Waals surface area contributed by atoms with Crippen LogP contribution in [-0.4, -0.2) is 20.7 Å². The molecule has 0 aliphatic carbocycles. The van der Waals surface area contributed by atoms with Crippen LogP contribution in [0.5, 0.6) is 0 Å². The molecule has 3 heteroatoms. The normalized spacial score (nSPS) is 16.8. The van der Waals surface area contributed by atoms with E-state index < -0.39 is 16.9 Å². The van der Waals surface area contributed by atoms with E-state index in [1.807, 2.05) is 38.1 Å². The zero-order valence-corrected chi connectivity index (χ0v) is 11.0. The summed E-state index contributed by atoms with van der Waals surface area (Å²) in [5.74, 6) is 0. The lowest BCUT2D eigenvalue weighted by molar-refractivity contribution is 0.185. The van der Waals surface area contributed by atoms with Crippen molar-refractivity contribution in [2.75, 3.05) is 0 Å². The lowest BCUT2D eigenvalue weighted by atomic mass is 10.2. The second-order valence-electron chi connectivity index (χ2n) is 4.18. The second-order valence-corrected chi connectivity index (χ2v) is 5.85. The third-order valence-electron chi connectivity index (χ3n) is 2.64. The first-order chi connectivity index (χ1) is 7.56. The Labute approximate surface area is 100 Å². The molecule has 0 aliphatic rings. The summed E-state index contributed by atoms with van der Waals surface area (Å²) in [4.78, 5) is 0.810. The molecule has 2 nitrogen and oxygen atoms in total. The molecule has 16 heavy (non-hydrogen) atoms. The van der Waals surface area contributed by atoms with Gasteiger partial charge in [0.25, 0.3) is 0 Å². The monoisotopic (exact) mass is 240 g/mol. The minimum Gasteiger partial charge on any atom is -0.392 e. The van der Waals surface area contributed by atoms with E-state index in [1.54, 1.807) is 6.92 Å². The summed E-state index contributed by atoms with van der Waals surface area (Å²) in [7, 11) is -1.11. The van der Waals surface area contributed by atoms with E-state index in [9.17, 15) is 9.32 Å². The zero-order chi connectivity index (χ0) is 12.1. The highest BCUT2D eigenvalue weighted by Gasteiger charge is 2.22. The number of aryl methyl sites for hydroxylation is 1. The third-order valence-corrected chi connectivity index (χ3v) is 4.56. The van der Waals surface area contributed by atoms with Crippen molar-refractivity contribution in [3.63, 3.8) is 0 Å². The fourth-order valence-electron chi connectivity index (χ4n) is 1.66. The predicted octanol–water partition coefficient (Wildman–Crippen LogP) is 2.65. The van der Waals surface area contributed by atoms with Gasteiger partial charge in [-0.1, -0.05) is 31.0 Å². The quantitative estimate of drug-likeness (QED) is 0.859. The van der Waals surface area contributed by atoms with E-state index in [2.05, 4.69) is 0 Å². The SMILES string of the molecule is CCC[C@@H]([C@H](C)O)S(=O)c1ccc(C)cc1. The molecule has 0 saturated heterocycles. The van der Waals surface area contributed by atoms with Gasteiger partial charge in [0.1, 0.15) is 0 Å². The van der Waals surface area contributed by atoms with Crippen molar-refractivity contribution in [3.05, 3.63) is 29.8 Å². The highest BCUT2D eigenvalue weighted by molar-refractivity contribution is 7.85. The molecule has 1 unspecified atom stereocenters. The fraction of sp³-hybridized carbons (Fsp3) is 0.538. The Hall–Kier alpha value is -0.670. The Morgan fingerprint density at radius 1 is 1.31 bits per heavy atom. The summed E-state index contributed by atoms with van der Waals surface area (Å²) in [6.45, 7) is 5.76. The summed E-state index contributed by atoms with van der Waals surface area (Å²) in [5, 5.41) is 9.48. The van der Waals surface area contributed by atoms with Crippen LogP contribution < -0.4 is 0 Å². The predicted molar refractivity (Wildman–Crippen MR) is 68.0 cm³/mol. The van der Waals surface area contributed by atoms with Crippen LogP contribution in [0, 0.1) is 6.92 Å². The summed E-state index contributed by atoms with van der Waals surface area (Å²) >= 11 is 0. The maximum Gasteiger partial charge on any atom is 0.0659 e. The maximum atomic E-state index is 12.2. The molecule has 90 valence electrons. The van der Waals surface area contributed by atoms with E-state index in [4.69, 9.17) is 0 Å². The molecule has 1 aromatic carbocycles. The van der Waals surface area contributed by atoms with E-state index in [-0.39, 0.29) is 5.25 Å². The number of rotatable bonds is 5. The molecule has 1 aromatic rings. The Balaban J connectivity index is 2.86. The van der Waals surface area contributed by atoms with Gasteiger partial charge >= 0.3 is 0 Å². The second kappa shape index (κ2) is 6.16. The molecule has 0 spiro atoms. The van der Waals surface area contributed by atoms with Gasteiger partial charge in [-0.15, -0.1) is 0 Å². The van der Waals surface area contributed by atoms with Gasteiger partial charge in [0, 0.05) is 4.90 Å². The molecule has 0 radical (unpaired) electrons. The van der Waals surface area contributed by atoms with Crippen molar-refractivity contribution in [2.45, 2.75) is 49.9 Å². The standard InChI is InChI=1S/C13H20O2S/c1-4-5-13(11(3)14)16(15)12-8-6-10(2)7-9-12/h6-9,11,13-14H,4-5H2,1-3H3/t11-,13-,16?/m0/s1. The number of hydrogen-bond acceptors (Lipinski definition) is 2. The summed E-state index contributed by atoms with van der Waals surface area (Å²) in [6.07, 6.45) is 1.20. The van der Waals surface area contributed by atoms with Crippen LogP contribution in [-0.2, 0) is 10.8 Å². The summed E-state index contributed by atoms with van der Waals surface area (Å²) in [5.41, 5.74) is 1.16. The molecule has 1 rings (SSSR count). The number of benzene rings is 1. The van der Waals surface area contributed by atoms with Crippen LogP contribution in [0.3, 0.4) is 0 Å². The lowest BCUT2D eigenvalue weighted by Gasteiger charge is -2.18. The van der Waals surface area contributed by atoms with Crippen molar-refractivity contribution >= 4 is 10.8 Å². The smallest absolute Gasteiger partial charge is 0.0659 e. The average Bonchev–Trinajstić information content (AvgIpc) is 2.25. The van der Waals surface area contributed by atoms with Gasteiger partial charge in [0.2, 0.25) is 0 Å². The Bertz CT molecular complexity index is 343. The van der Waals surface area contributed by atoms with Crippen LogP contribution in [0.2, 0.25) is 0 Å². The molecule has 0 fully saturated rings. The van der Waals surface area contributed by atoms with E-state index >= 15 is 0 Å². The van der Waals surface area contributed by atoms with E-state index in [0.29, 0.717) is 0 Å². The fourth-order valence-corrected chi connectivity index (χ4v) is 3.22.